The number of methoxy groups -OCH3 is 1. The summed E-state index contributed by atoms with van der Waals surface area (Å²) in [6.45, 7) is 2.89. The van der Waals surface area contributed by atoms with Gasteiger partial charge >= 0.3 is 0 Å². The van der Waals surface area contributed by atoms with E-state index in [0.717, 1.165) is 23.4 Å². The van der Waals surface area contributed by atoms with Crippen molar-refractivity contribution in [2.75, 3.05) is 13.7 Å². The fourth-order valence-electron chi connectivity index (χ4n) is 4.51. The van der Waals surface area contributed by atoms with Gasteiger partial charge in [0.05, 0.1) is 13.7 Å². The molecule has 0 aliphatic rings. The summed E-state index contributed by atoms with van der Waals surface area (Å²) in [5, 5.41) is 0. The van der Waals surface area contributed by atoms with Crippen LogP contribution in [0.15, 0.2) is 41.3 Å². The van der Waals surface area contributed by atoms with Crippen LogP contribution in [0.1, 0.15) is 121 Å². The molecule has 2 aromatic rings. The van der Waals surface area contributed by atoms with Gasteiger partial charge in [-0.2, -0.15) is 0 Å². The van der Waals surface area contributed by atoms with Gasteiger partial charge in [0.1, 0.15) is 5.75 Å². The van der Waals surface area contributed by atoms with Crippen LogP contribution in [-0.2, 0) is 6.42 Å². The number of pyridine rings is 1. The molecule has 0 amide bonds. The van der Waals surface area contributed by atoms with Gasteiger partial charge < -0.3 is 14.5 Å². The molecule has 1 aromatic carbocycles. The maximum absolute atomic E-state index is 12.4. The van der Waals surface area contributed by atoms with Gasteiger partial charge in [-0.05, 0) is 24.1 Å². The predicted molar refractivity (Wildman–Crippen MR) is 148 cm³/mol. The highest BCUT2D eigenvalue weighted by Gasteiger charge is 2.04. The Labute approximate surface area is 213 Å². The van der Waals surface area contributed by atoms with E-state index in [9.17, 15) is 4.79 Å². The average Bonchev–Trinajstić information content (AvgIpc) is 2.87. The number of ether oxygens (including phenoxy) is 2. The largest absolute Gasteiger partial charge is 0.497 e. The molecule has 0 saturated carbocycles. The second-order valence-corrected chi connectivity index (χ2v) is 9.86. The predicted octanol–water partition coefficient (Wildman–Crippen LogP) is 8.61. The van der Waals surface area contributed by atoms with Crippen LogP contribution >= 0.6 is 0 Å². The molecular weight excluding hydrogens is 434 g/mol. The Kier molecular flexibility index (Phi) is 15.8. The van der Waals surface area contributed by atoms with Crippen molar-refractivity contribution >= 4 is 0 Å². The second kappa shape index (κ2) is 19.0. The highest BCUT2D eigenvalue weighted by atomic mass is 16.5. The smallest absolute Gasteiger partial charge is 0.223 e. The Morgan fingerprint density at radius 1 is 0.714 bits per heavy atom. The minimum atomic E-state index is -0.0521. The average molecular weight is 484 g/mol. The molecule has 35 heavy (non-hydrogen) atoms. The van der Waals surface area contributed by atoms with Crippen LogP contribution in [0.4, 0.5) is 0 Å². The van der Waals surface area contributed by atoms with Crippen molar-refractivity contribution in [3.63, 3.8) is 0 Å². The monoisotopic (exact) mass is 483 g/mol. The number of benzene rings is 1. The number of aromatic amines is 1. The van der Waals surface area contributed by atoms with Crippen molar-refractivity contribution in [2.24, 2.45) is 0 Å². The fourth-order valence-corrected chi connectivity index (χ4v) is 4.51. The van der Waals surface area contributed by atoms with Crippen molar-refractivity contribution in [1.82, 2.24) is 4.98 Å². The quantitative estimate of drug-likeness (QED) is 0.181. The van der Waals surface area contributed by atoms with E-state index in [0.29, 0.717) is 18.8 Å². The standard InChI is InChI=1S/C31H49NO3/c1-3-4-5-6-7-8-9-10-11-12-13-14-15-16-17-18-23-35-31-26-32-28(25-30(31)33)24-27-19-21-29(34-2)22-20-27/h19-22,25-26H,3-18,23-24H2,1-2H3,(H,32,33). The molecule has 0 unspecified atom stereocenters. The molecule has 0 spiro atoms. The SMILES string of the molecule is CCCCCCCCCCCCCCCCCCOc1c[nH]c(Cc2ccc(OC)cc2)cc1=O. The van der Waals surface area contributed by atoms with Crippen LogP contribution < -0.4 is 14.9 Å². The lowest BCUT2D eigenvalue weighted by Gasteiger charge is -2.08. The summed E-state index contributed by atoms with van der Waals surface area (Å²) in [5.41, 5.74) is 1.96. The summed E-state index contributed by atoms with van der Waals surface area (Å²) in [6, 6.07) is 9.54. The number of hydrogen-bond acceptors (Lipinski definition) is 3. The van der Waals surface area contributed by atoms with Crippen molar-refractivity contribution < 1.29 is 9.47 Å². The highest BCUT2D eigenvalue weighted by molar-refractivity contribution is 5.30. The minimum Gasteiger partial charge on any atom is -0.497 e. The van der Waals surface area contributed by atoms with Crippen LogP contribution in [0.5, 0.6) is 11.5 Å². The lowest BCUT2D eigenvalue weighted by molar-refractivity contribution is 0.300. The summed E-state index contributed by atoms with van der Waals surface area (Å²) >= 11 is 0. The molecule has 1 N–H and O–H groups in total. The molecule has 2 rings (SSSR count). The van der Waals surface area contributed by atoms with Crippen molar-refractivity contribution in [3.8, 4) is 11.5 Å². The number of aromatic nitrogens is 1. The molecule has 0 saturated heterocycles. The zero-order chi connectivity index (χ0) is 25.0. The maximum Gasteiger partial charge on any atom is 0.223 e. The summed E-state index contributed by atoms with van der Waals surface area (Å²) in [5.74, 6) is 1.25. The van der Waals surface area contributed by atoms with E-state index in [2.05, 4.69) is 11.9 Å². The third-order valence-corrected chi connectivity index (χ3v) is 6.75. The van der Waals surface area contributed by atoms with E-state index in [1.165, 1.54) is 96.3 Å². The first-order valence-corrected chi connectivity index (χ1v) is 14.2. The van der Waals surface area contributed by atoms with Gasteiger partial charge in [0.25, 0.3) is 0 Å². The molecule has 0 bridgehead atoms. The van der Waals surface area contributed by atoms with Crippen molar-refractivity contribution in [2.45, 2.75) is 116 Å². The first-order chi connectivity index (χ1) is 17.2. The number of unbranched alkanes of at least 4 members (excludes halogenated alkanes) is 15. The van der Waals surface area contributed by atoms with Crippen LogP contribution in [0.2, 0.25) is 0 Å². The fraction of sp³-hybridized carbons (Fsp3) is 0.645. The topological polar surface area (TPSA) is 51.3 Å². The van der Waals surface area contributed by atoms with Gasteiger partial charge in [0.15, 0.2) is 5.75 Å². The molecule has 0 radical (unpaired) electrons. The molecule has 0 aliphatic carbocycles. The lowest BCUT2D eigenvalue weighted by atomic mass is 10.0. The Balaban J connectivity index is 1.44. The summed E-state index contributed by atoms with van der Waals surface area (Å²) in [6.07, 6.45) is 24.0. The third kappa shape index (κ3) is 13.4. The molecular formula is C31H49NO3. The van der Waals surface area contributed by atoms with E-state index in [-0.39, 0.29) is 5.43 Å². The van der Waals surface area contributed by atoms with Gasteiger partial charge in [0.2, 0.25) is 5.43 Å². The van der Waals surface area contributed by atoms with Gasteiger partial charge in [-0.15, -0.1) is 0 Å². The highest BCUT2D eigenvalue weighted by Crippen LogP contribution is 2.15. The summed E-state index contributed by atoms with van der Waals surface area (Å²) < 4.78 is 10.9. The number of rotatable bonds is 21. The number of nitrogens with one attached hydrogen (secondary N) is 1. The number of hydrogen-bond donors (Lipinski definition) is 1. The molecule has 0 atom stereocenters. The van der Waals surface area contributed by atoms with Crippen molar-refractivity contribution in [3.05, 3.63) is 58.0 Å². The Hall–Kier alpha value is -2.23. The van der Waals surface area contributed by atoms with Gasteiger partial charge in [-0.25, -0.2) is 0 Å². The lowest BCUT2D eigenvalue weighted by Crippen LogP contribution is -2.10. The molecule has 1 heterocycles. The third-order valence-electron chi connectivity index (χ3n) is 6.75. The molecule has 0 aliphatic heterocycles. The van der Waals surface area contributed by atoms with Crippen LogP contribution in [0.3, 0.4) is 0 Å². The molecule has 196 valence electrons. The Bertz CT molecular complexity index is 828. The zero-order valence-electron chi connectivity index (χ0n) is 22.4. The number of H-pyrrole nitrogens is 1. The zero-order valence-corrected chi connectivity index (χ0v) is 22.4. The van der Waals surface area contributed by atoms with E-state index in [4.69, 9.17) is 9.47 Å². The normalized spacial score (nSPS) is 11.0. The summed E-state index contributed by atoms with van der Waals surface area (Å²) in [7, 11) is 1.66. The Morgan fingerprint density at radius 3 is 1.71 bits per heavy atom. The van der Waals surface area contributed by atoms with Crippen LogP contribution in [0.25, 0.3) is 0 Å². The van der Waals surface area contributed by atoms with E-state index < -0.39 is 0 Å². The van der Waals surface area contributed by atoms with Gasteiger partial charge in [0, 0.05) is 24.4 Å². The minimum absolute atomic E-state index is 0.0521. The molecule has 1 aromatic heterocycles. The van der Waals surface area contributed by atoms with E-state index >= 15 is 0 Å². The van der Waals surface area contributed by atoms with E-state index in [1.54, 1.807) is 19.4 Å². The first-order valence-electron chi connectivity index (χ1n) is 14.2. The van der Waals surface area contributed by atoms with E-state index in [1.807, 2.05) is 24.3 Å². The van der Waals surface area contributed by atoms with Crippen molar-refractivity contribution in [1.29, 1.82) is 0 Å². The molecule has 0 fully saturated rings. The Morgan fingerprint density at radius 2 is 1.23 bits per heavy atom. The van der Waals surface area contributed by atoms with Crippen LogP contribution in [0, 0.1) is 0 Å². The van der Waals surface area contributed by atoms with Gasteiger partial charge in [-0.3, -0.25) is 4.79 Å². The second-order valence-electron chi connectivity index (χ2n) is 9.86. The van der Waals surface area contributed by atoms with Crippen LogP contribution in [-0.4, -0.2) is 18.7 Å². The molecule has 4 nitrogen and oxygen atoms in total. The molecule has 4 heteroatoms. The maximum atomic E-state index is 12.4. The summed E-state index contributed by atoms with van der Waals surface area (Å²) in [4.78, 5) is 15.6. The van der Waals surface area contributed by atoms with Gasteiger partial charge in [-0.1, -0.05) is 115 Å². The first kappa shape index (κ1) is 29.0.